The Hall–Kier alpha value is -0.970. The van der Waals surface area contributed by atoms with E-state index in [0.717, 1.165) is 29.2 Å². The average Bonchev–Trinajstić information content (AvgIpc) is 2.79. The van der Waals surface area contributed by atoms with Gasteiger partial charge in [0.05, 0.1) is 5.75 Å². The van der Waals surface area contributed by atoms with E-state index in [4.69, 9.17) is 5.11 Å². The summed E-state index contributed by atoms with van der Waals surface area (Å²) in [7, 11) is 0. The van der Waals surface area contributed by atoms with Crippen LogP contribution < -0.4 is 0 Å². The summed E-state index contributed by atoms with van der Waals surface area (Å²) in [5.74, 6) is 0.838. The molecule has 1 aliphatic rings. The summed E-state index contributed by atoms with van der Waals surface area (Å²) in [5, 5.41) is 9.48. The number of imidazole rings is 1. The van der Waals surface area contributed by atoms with E-state index < -0.39 is 5.97 Å². The van der Waals surface area contributed by atoms with Crippen LogP contribution in [-0.2, 0) is 11.3 Å². The molecule has 0 aromatic carbocycles. The van der Waals surface area contributed by atoms with Crippen LogP contribution in [0.3, 0.4) is 0 Å². The molecule has 1 saturated carbocycles. The molecule has 0 bridgehead atoms. The highest BCUT2D eigenvalue weighted by Gasteiger charge is 2.33. The van der Waals surface area contributed by atoms with Gasteiger partial charge in [-0.3, -0.25) is 4.79 Å². The van der Waals surface area contributed by atoms with Crippen molar-refractivity contribution in [1.82, 2.24) is 9.55 Å². The maximum absolute atomic E-state index is 10.5. The third kappa shape index (κ3) is 2.58. The summed E-state index contributed by atoms with van der Waals surface area (Å²) in [6.07, 6.45) is 3.10. The Morgan fingerprint density at radius 2 is 2.44 bits per heavy atom. The van der Waals surface area contributed by atoms with Crippen molar-refractivity contribution in [3.63, 3.8) is 0 Å². The van der Waals surface area contributed by atoms with Gasteiger partial charge in [0.15, 0.2) is 5.16 Å². The van der Waals surface area contributed by atoms with E-state index in [2.05, 4.69) is 16.5 Å². The molecule has 0 amide bonds. The molecular weight excluding hydrogens is 224 g/mol. The number of nitrogens with zero attached hydrogens (tertiary/aromatic N) is 2. The third-order valence-corrected chi connectivity index (χ3v) is 4.01. The summed E-state index contributed by atoms with van der Waals surface area (Å²) in [4.78, 5) is 14.8. The highest BCUT2D eigenvalue weighted by atomic mass is 32.2. The van der Waals surface area contributed by atoms with E-state index in [0.29, 0.717) is 0 Å². The summed E-state index contributed by atoms with van der Waals surface area (Å²) in [6.45, 7) is 5.25. The van der Waals surface area contributed by atoms with Gasteiger partial charge in [0.25, 0.3) is 0 Å². The lowest BCUT2D eigenvalue weighted by molar-refractivity contribution is -0.133. The van der Waals surface area contributed by atoms with Crippen LogP contribution in [-0.4, -0.2) is 26.4 Å². The van der Waals surface area contributed by atoms with Gasteiger partial charge in [0.1, 0.15) is 0 Å². The number of aliphatic carboxylic acids is 1. The molecule has 1 fully saturated rings. The normalized spacial score (nSPS) is 23.4. The molecule has 5 heteroatoms. The van der Waals surface area contributed by atoms with Gasteiger partial charge in [0, 0.05) is 18.4 Å². The summed E-state index contributed by atoms with van der Waals surface area (Å²) < 4.78 is 2.14. The molecule has 2 rings (SSSR count). The molecular formula is C11H16N2O2S. The predicted octanol–water partition coefficient (Wildman–Crippen LogP) is 2.02. The monoisotopic (exact) mass is 240 g/mol. The minimum absolute atomic E-state index is 0.0800. The SMILES string of the molecule is Cc1cnc(SCC(=O)O)n1CC1CC1C. The van der Waals surface area contributed by atoms with Gasteiger partial charge in [-0.2, -0.15) is 0 Å². The van der Waals surface area contributed by atoms with Gasteiger partial charge in [-0.15, -0.1) is 0 Å². The molecule has 2 unspecified atom stereocenters. The number of aromatic nitrogens is 2. The lowest BCUT2D eigenvalue weighted by Crippen LogP contribution is -2.06. The molecule has 0 spiro atoms. The Balaban J connectivity index is 2.03. The fraction of sp³-hybridized carbons (Fsp3) is 0.636. The fourth-order valence-corrected chi connectivity index (χ4v) is 2.54. The number of aryl methyl sites for hydroxylation is 1. The molecule has 0 radical (unpaired) electrons. The molecule has 1 aromatic rings. The maximum Gasteiger partial charge on any atom is 0.313 e. The number of carbonyl (C=O) groups is 1. The van der Waals surface area contributed by atoms with E-state index >= 15 is 0 Å². The highest BCUT2D eigenvalue weighted by molar-refractivity contribution is 7.99. The largest absolute Gasteiger partial charge is 0.481 e. The van der Waals surface area contributed by atoms with Crippen LogP contribution in [0.15, 0.2) is 11.4 Å². The molecule has 1 aromatic heterocycles. The van der Waals surface area contributed by atoms with E-state index in [-0.39, 0.29) is 5.75 Å². The minimum atomic E-state index is -0.794. The molecule has 0 aliphatic heterocycles. The van der Waals surface area contributed by atoms with Gasteiger partial charge in [-0.05, 0) is 25.2 Å². The number of carboxylic acids is 1. The van der Waals surface area contributed by atoms with Crippen LogP contribution in [0, 0.1) is 18.8 Å². The zero-order valence-electron chi connectivity index (χ0n) is 9.51. The molecule has 0 saturated heterocycles. The Bertz CT molecular complexity index is 403. The van der Waals surface area contributed by atoms with E-state index in [1.54, 1.807) is 0 Å². The molecule has 1 aliphatic carbocycles. The number of thioether (sulfide) groups is 1. The highest BCUT2D eigenvalue weighted by Crippen LogP contribution is 2.39. The number of hydrogen-bond donors (Lipinski definition) is 1. The molecule has 1 N–H and O–H groups in total. The van der Waals surface area contributed by atoms with Crippen molar-refractivity contribution in [2.45, 2.75) is 32.0 Å². The topological polar surface area (TPSA) is 55.1 Å². The second-order valence-corrected chi connectivity index (χ2v) is 5.39. The standard InChI is InChI=1S/C11H16N2O2S/c1-7-3-9(7)5-13-8(2)4-12-11(13)16-6-10(14)15/h4,7,9H,3,5-6H2,1-2H3,(H,14,15). The first kappa shape index (κ1) is 11.5. The first-order valence-corrected chi connectivity index (χ1v) is 6.43. The Kier molecular flexibility index (Phi) is 3.23. The summed E-state index contributed by atoms with van der Waals surface area (Å²) in [5.41, 5.74) is 1.12. The van der Waals surface area contributed by atoms with E-state index in [9.17, 15) is 4.79 Å². The van der Waals surface area contributed by atoms with E-state index in [1.165, 1.54) is 18.2 Å². The second kappa shape index (κ2) is 4.49. The lowest BCUT2D eigenvalue weighted by Gasteiger charge is -2.08. The Morgan fingerprint density at radius 1 is 1.75 bits per heavy atom. The van der Waals surface area contributed by atoms with Crippen molar-refractivity contribution in [3.05, 3.63) is 11.9 Å². The van der Waals surface area contributed by atoms with Crippen molar-refractivity contribution in [3.8, 4) is 0 Å². The van der Waals surface area contributed by atoms with Gasteiger partial charge in [-0.1, -0.05) is 18.7 Å². The Labute approximate surface area is 99.1 Å². The third-order valence-electron chi connectivity index (χ3n) is 3.04. The summed E-state index contributed by atoms with van der Waals surface area (Å²) in [6, 6.07) is 0. The lowest BCUT2D eigenvalue weighted by atomic mass is 10.3. The first-order chi connectivity index (χ1) is 7.58. The number of hydrogen-bond acceptors (Lipinski definition) is 3. The van der Waals surface area contributed by atoms with Crippen LogP contribution in [0.5, 0.6) is 0 Å². The van der Waals surface area contributed by atoms with Gasteiger partial charge in [-0.25, -0.2) is 4.98 Å². The van der Waals surface area contributed by atoms with Gasteiger partial charge >= 0.3 is 5.97 Å². The average molecular weight is 240 g/mol. The van der Waals surface area contributed by atoms with Crippen molar-refractivity contribution in [2.75, 3.05) is 5.75 Å². The van der Waals surface area contributed by atoms with Crippen LogP contribution in [0.1, 0.15) is 19.0 Å². The molecule has 2 atom stereocenters. The smallest absolute Gasteiger partial charge is 0.313 e. The molecule has 4 nitrogen and oxygen atoms in total. The van der Waals surface area contributed by atoms with Crippen molar-refractivity contribution in [1.29, 1.82) is 0 Å². The van der Waals surface area contributed by atoms with Gasteiger partial charge in [0.2, 0.25) is 0 Å². The zero-order chi connectivity index (χ0) is 11.7. The van der Waals surface area contributed by atoms with Crippen molar-refractivity contribution < 1.29 is 9.90 Å². The van der Waals surface area contributed by atoms with Crippen LogP contribution in [0.25, 0.3) is 0 Å². The number of rotatable bonds is 5. The maximum atomic E-state index is 10.5. The predicted molar refractivity (Wildman–Crippen MR) is 62.6 cm³/mol. The molecule has 16 heavy (non-hydrogen) atoms. The fourth-order valence-electron chi connectivity index (χ4n) is 1.79. The quantitative estimate of drug-likeness (QED) is 0.800. The molecule has 88 valence electrons. The Morgan fingerprint density at radius 3 is 3.00 bits per heavy atom. The van der Waals surface area contributed by atoms with Crippen LogP contribution in [0.4, 0.5) is 0 Å². The zero-order valence-corrected chi connectivity index (χ0v) is 10.3. The summed E-state index contributed by atoms with van der Waals surface area (Å²) >= 11 is 1.30. The van der Waals surface area contributed by atoms with Crippen LogP contribution >= 0.6 is 11.8 Å². The van der Waals surface area contributed by atoms with E-state index in [1.807, 2.05) is 13.1 Å². The van der Waals surface area contributed by atoms with Crippen molar-refractivity contribution >= 4 is 17.7 Å². The number of carboxylic acid groups (broad SMARTS) is 1. The molecule has 1 heterocycles. The second-order valence-electron chi connectivity index (χ2n) is 4.45. The minimum Gasteiger partial charge on any atom is -0.481 e. The van der Waals surface area contributed by atoms with Crippen molar-refractivity contribution in [2.24, 2.45) is 11.8 Å². The van der Waals surface area contributed by atoms with Gasteiger partial charge < -0.3 is 9.67 Å². The van der Waals surface area contributed by atoms with Crippen LogP contribution in [0.2, 0.25) is 0 Å². The first-order valence-electron chi connectivity index (χ1n) is 5.44.